The van der Waals surface area contributed by atoms with Crippen LogP contribution in [0.15, 0.2) is 48.5 Å². The molecule has 0 radical (unpaired) electrons. The first-order valence-corrected chi connectivity index (χ1v) is 11.9. The van der Waals surface area contributed by atoms with Crippen molar-refractivity contribution in [1.82, 2.24) is 10.2 Å². The van der Waals surface area contributed by atoms with E-state index in [2.05, 4.69) is 22.9 Å². The molecule has 7 nitrogen and oxygen atoms in total. The zero-order chi connectivity index (χ0) is 23.5. The third-order valence-electron chi connectivity index (χ3n) is 5.70. The van der Waals surface area contributed by atoms with E-state index in [1.807, 2.05) is 23.1 Å². The number of unbranched alkanes of at least 4 members (excludes halogenated alkanes) is 1. The highest BCUT2D eigenvalue weighted by Crippen LogP contribution is 2.16. The van der Waals surface area contributed by atoms with Gasteiger partial charge in [0.15, 0.2) is 0 Å². The molecule has 2 aromatic carbocycles. The van der Waals surface area contributed by atoms with Crippen LogP contribution < -0.4 is 16.0 Å². The van der Waals surface area contributed by atoms with E-state index in [1.165, 1.54) is 12.8 Å². The van der Waals surface area contributed by atoms with Crippen molar-refractivity contribution in [1.29, 1.82) is 0 Å². The molecule has 0 atom stereocenters. The topological polar surface area (TPSA) is 90.5 Å². The summed E-state index contributed by atoms with van der Waals surface area (Å²) in [6.45, 7) is 4.41. The number of likely N-dealkylation sites (tertiary alicyclic amines) is 1. The summed E-state index contributed by atoms with van der Waals surface area (Å²) in [5, 5.41) is 8.78. The summed E-state index contributed by atoms with van der Waals surface area (Å²) in [7, 11) is 0. The molecule has 0 saturated carbocycles. The first-order valence-electron chi connectivity index (χ1n) is 11.9. The van der Waals surface area contributed by atoms with Gasteiger partial charge in [-0.25, -0.2) is 0 Å². The lowest BCUT2D eigenvalue weighted by Gasteiger charge is -2.20. The van der Waals surface area contributed by atoms with Crippen molar-refractivity contribution >= 4 is 29.1 Å². The summed E-state index contributed by atoms with van der Waals surface area (Å²) in [5.41, 5.74) is 2.55. The van der Waals surface area contributed by atoms with Gasteiger partial charge in [0.25, 0.3) is 11.8 Å². The second-order valence-corrected chi connectivity index (χ2v) is 8.38. The number of hydrogen-bond donors (Lipinski definition) is 3. The zero-order valence-corrected chi connectivity index (χ0v) is 19.4. The molecule has 1 aliphatic rings. The lowest BCUT2D eigenvalue weighted by atomic mass is 10.1. The summed E-state index contributed by atoms with van der Waals surface area (Å²) in [6, 6.07) is 14.1. The fraction of sp³-hybridized carbons (Fsp3) is 0.423. The molecule has 176 valence electrons. The number of nitrogens with zero attached hydrogens (tertiary/aromatic N) is 1. The first-order chi connectivity index (χ1) is 16.1. The standard InChI is InChI=1S/C26H34N4O3/c1-2-3-15-27-25(32)20-11-13-22(14-12-20)29-24(31)19-28-23-10-8-9-21(18-23)26(33)30-16-6-4-5-7-17-30/h8-14,18,28H,2-7,15-17,19H2,1H3,(H,27,32)(H,29,31). The lowest BCUT2D eigenvalue weighted by Crippen LogP contribution is -2.31. The van der Waals surface area contributed by atoms with E-state index in [-0.39, 0.29) is 24.3 Å². The van der Waals surface area contributed by atoms with E-state index in [9.17, 15) is 14.4 Å². The minimum atomic E-state index is -0.209. The molecule has 1 saturated heterocycles. The molecule has 1 aliphatic heterocycles. The Hall–Kier alpha value is -3.35. The smallest absolute Gasteiger partial charge is 0.253 e. The van der Waals surface area contributed by atoms with Gasteiger partial charge >= 0.3 is 0 Å². The second-order valence-electron chi connectivity index (χ2n) is 8.38. The van der Waals surface area contributed by atoms with Crippen molar-refractivity contribution in [3.63, 3.8) is 0 Å². The van der Waals surface area contributed by atoms with E-state index in [0.29, 0.717) is 23.4 Å². The summed E-state index contributed by atoms with van der Waals surface area (Å²) in [4.78, 5) is 39.2. The minimum Gasteiger partial charge on any atom is -0.376 e. The van der Waals surface area contributed by atoms with E-state index in [0.717, 1.165) is 44.5 Å². The molecule has 0 spiro atoms. The maximum atomic E-state index is 12.8. The number of amides is 3. The molecule has 3 N–H and O–H groups in total. The molecule has 1 heterocycles. The van der Waals surface area contributed by atoms with Gasteiger partial charge in [-0.1, -0.05) is 32.3 Å². The molecule has 0 aromatic heterocycles. The van der Waals surface area contributed by atoms with Crippen molar-refractivity contribution in [2.24, 2.45) is 0 Å². The monoisotopic (exact) mass is 450 g/mol. The van der Waals surface area contributed by atoms with Crippen molar-refractivity contribution in [3.8, 4) is 0 Å². The molecular formula is C26H34N4O3. The predicted octanol–water partition coefficient (Wildman–Crippen LogP) is 4.28. The van der Waals surface area contributed by atoms with Crippen LogP contribution in [0.1, 0.15) is 66.2 Å². The number of rotatable bonds is 9. The summed E-state index contributed by atoms with van der Waals surface area (Å²) in [6.07, 6.45) is 6.42. The Morgan fingerprint density at radius 1 is 0.879 bits per heavy atom. The van der Waals surface area contributed by atoms with Gasteiger partial charge in [0, 0.05) is 42.1 Å². The van der Waals surface area contributed by atoms with Crippen LogP contribution in [0, 0.1) is 0 Å². The molecular weight excluding hydrogens is 416 g/mol. The predicted molar refractivity (Wildman–Crippen MR) is 132 cm³/mol. The van der Waals surface area contributed by atoms with Crippen molar-refractivity contribution in [3.05, 3.63) is 59.7 Å². The van der Waals surface area contributed by atoms with Gasteiger partial charge in [0.2, 0.25) is 5.91 Å². The molecule has 3 amide bonds. The average molecular weight is 451 g/mol. The number of hydrogen-bond acceptors (Lipinski definition) is 4. The van der Waals surface area contributed by atoms with Crippen LogP contribution in [-0.4, -0.2) is 48.8 Å². The number of carbonyl (C=O) groups is 3. The van der Waals surface area contributed by atoms with Crippen LogP contribution >= 0.6 is 0 Å². The normalized spacial score (nSPS) is 13.7. The van der Waals surface area contributed by atoms with Gasteiger partial charge in [-0.15, -0.1) is 0 Å². The van der Waals surface area contributed by atoms with Crippen molar-refractivity contribution in [2.75, 3.05) is 36.8 Å². The van der Waals surface area contributed by atoms with Gasteiger partial charge in [0.05, 0.1) is 6.54 Å². The Morgan fingerprint density at radius 2 is 1.61 bits per heavy atom. The fourth-order valence-electron chi connectivity index (χ4n) is 3.79. The Kier molecular flexibility index (Phi) is 9.30. The van der Waals surface area contributed by atoms with Gasteiger partial charge in [-0.05, 0) is 61.7 Å². The Bertz CT molecular complexity index is 935. The minimum absolute atomic E-state index is 0.0452. The second kappa shape index (κ2) is 12.6. The van der Waals surface area contributed by atoms with Crippen LogP contribution in [0.2, 0.25) is 0 Å². The largest absolute Gasteiger partial charge is 0.376 e. The van der Waals surface area contributed by atoms with Gasteiger partial charge < -0.3 is 20.9 Å². The van der Waals surface area contributed by atoms with E-state index in [1.54, 1.807) is 30.3 Å². The number of anilines is 2. The van der Waals surface area contributed by atoms with Gasteiger partial charge in [-0.2, -0.15) is 0 Å². The molecule has 0 bridgehead atoms. The third-order valence-corrected chi connectivity index (χ3v) is 5.70. The maximum Gasteiger partial charge on any atom is 0.253 e. The molecule has 0 aliphatic carbocycles. The van der Waals surface area contributed by atoms with Gasteiger partial charge in [-0.3, -0.25) is 14.4 Å². The summed E-state index contributed by atoms with van der Waals surface area (Å²) >= 11 is 0. The molecule has 0 unspecified atom stereocenters. The van der Waals surface area contributed by atoms with Crippen LogP contribution in [0.4, 0.5) is 11.4 Å². The van der Waals surface area contributed by atoms with Crippen LogP contribution in [0.25, 0.3) is 0 Å². The third kappa shape index (κ3) is 7.63. The molecule has 1 fully saturated rings. The number of carbonyl (C=O) groups excluding carboxylic acids is 3. The Morgan fingerprint density at radius 3 is 2.30 bits per heavy atom. The molecule has 3 rings (SSSR count). The molecule has 33 heavy (non-hydrogen) atoms. The van der Waals surface area contributed by atoms with Crippen LogP contribution in [0.3, 0.4) is 0 Å². The Balaban J connectivity index is 1.49. The number of nitrogens with one attached hydrogen (secondary N) is 3. The molecule has 2 aromatic rings. The van der Waals surface area contributed by atoms with E-state index < -0.39 is 0 Å². The zero-order valence-electron chi connectivity index (χ0n) is 19.4. The quantitative estimate of drug-likeness (QED) is 0.497. The first kappa shape index (κ1) is 24.3. The maximum absolute atomic E-state index is 12.8. The van der Waals surface area contributed by atoms with Crippen LogP contribution in [0.5, 0.6) is 0 Å². The summed E-state index contributed by atoms with van der Waals surface area (Å²) < 4.78 is 0. The van der Waals surface area contributed by atoms with Crippen molar-refractivity contribution in [2.45, 2.75) is 45.4 Å². The highest BCUT2D eigenvalue weighted by atomic mass is 16.2. The van der Waals surface area contributed by atoms with Crippen LogP contribution in [-0.2, 0) is 4.79 Å². The molecule has 7 heteroatoms. The lowest BCUT2D eigenvalue weighted by molar-refractivity contribution is -0.114. The number of benzene rings is 2. The highest BCUT2D eigenvalue weighted by molar-refractivity contribution is 5.97. The summed E-state index contributed by atoms with van der Waals surface area (Å²) in [5.74, 6) is -0.277. The van der Waals surface area contributed by atoms with Crippen molar-refractivity contribution < 1.29 is 14.4 Å². The fourth-order valence-corrected chi connectivity index (χ4v) is 3.79. The highest BCUT2D eigenvalue weighted by Gasteiger charge is 2.17. The SMILES string of the molecule is CCCCNC(=O)c1ccc(NC(=O)CNc2cccc(C(=O)N3CCCCCC3)c2)cc1. The van der Waals surface area contributed by atoms with E-state index in [4.69, 9.17) is 0 Å². The average Bonchev–Trinajstić information content (AvgIpc) is 3.13. The van der Waals surface area contributed by atoms with Gasteiger partial charge in [0.1, 0.15) is 0 Å². The Labute approximate surface area is 195 Å². The van der Waals surface area contributed by atoms with E-state index >= 15 is 0 Å².